The van der Waals surface area contributed by atoms with E-state index < -0.39 is 66.1 Å². The van der Waals surface area contributed by atoms with E-state index in [9.17, 15) is 28.8 Å². The molecular formula is C43H70N8O9. The third-order valence-electron chi connectivity index (χ3n) is 11.8. The number of hydrogen-bond donors (Lipinski definition) is 2. The van der Waals surface area contributed by atoms with E-state index in [1.807, 2.05) is 71.9 Å². The molecule has 9 atom stereocenters. The van der Waals surface area contributed by atoms with E-state index in [0.29, 0.717) is 25.8 Å². The van der Waals surface area contributed by atoms with Gasteiger partial charge in [0.05, 0.1) is 43.7 Å². The number of ether oxygens (including phenoxy) is 3. The number of likely N-dealkylation sites (tertiary alicyclic amines) is 1. The van der Waals surface area contributed by atoms with Crippen molar-refractivity contribution in [2.75, 3.05) is 48.5 Å². The van der Waals surface area contributed by atoms with Crippen LogP contribution in [0.3, 0.4) is 0 Å². The predicted octanol–water partition coefficient (Wildman–Crippen LogP) is 4.13. The number of azide groups is 1. The van der Waals surface area contributed by atoms with Gasteiger partial charge in [-0.05, 0) is 41.7 Å². The number of benzene rings is 1. The Morgan fingerprint density at radius 3 is 2.10 bits per heavy atom. The summed E-state index contributed by atoms with van der Waals surface area (Å²) in [6.07, 6.45) is 0.652. The minimum absolute atomic E-state index is 0.0414. The average Bonchev–Trinajstić information content (AvgIpc) is 3.71. The van der Waals surface area contributed by atoms with E-state index in [4.69, 9.17) is 19.7 Å². The van der Waals surface area contributed by atoms with E-state index in [1.54, 1.807) is 23.8 Å². The maximum absolute atomic E-state index is 14.4. The van der Waals surface area contributed by atoms with Crippen LogP contribution in [0.2, 0.25) is 0 Å². The number of esters is 1. The van der Waals surface area contributed by atoms with Crippen LogP contribution in [0.15, 0.2) is 35.4 Å². The van der Waals surface area contributed by atoms with Gasteiger partial charge in [0.2, 0.25) is 29.5 Å². The monoisotopic (exact) mass is 843 g/mol. The van der Waals surface area contributed by atoms with Gasteiger partial charge in [-0.15, -0.1) is 0 Å². The second kappa shape index (κ2) is 25.1. The van der Waals surface area contributed by atoms with Gasteiger partial charge in [0, 0.05) is 59.2 Å². The van der Waals surface area contributed by atoms with Crippen molar-refractivity contribution in [1.29, 1.82) is 0 Å². The number of nitrogens with zero attached hydrogens (tertiary/aromatic N) is 6. The average molecular weight is 843 g/mol. The maximum Gasteiger partial charge on any atom is 0.328 e. The van der Waals surface area contributed by atoms with Crippen molar-refractivity contribution in [3.63, 3.8) is 0 Å². The Morgan fingerprint density at radius 2 is 1.57 bits per heavy atom. The molecule has 17 heteroatoms. The van der Waals surface area contributed by atoms with Gasteiger partial charge >= 0.3 is 5.97 Å². The minimum Gasteiger partial charge on any atom is -0.467 e. The lowest BCUT2D eigenvalue weighted by atomic mass is 9.89. The summed E-state index contributed by atoms with van der Waals surface area (Å²) in [5.74, 6) is -3.90. The molecule has 17 nitrogen and oxygen atoms in total. The molecule has 1 heterocycles. The molecule has 5 amide bonds. The fourth-order valence-corrected chi connectivity index (χ4v) is 8.21. The molecule has 0 saturated carbocycles. The first-order valence-corrected chi connectivity index (χ1v) is 21.0. The standard InChI is InChI=1S/C43H70N8O9/c1-13-28(6)38(50(9)42(56)36(26(2)3)47-41(55)37(27(4)5)49(8)34(52)21-22-45-48-44)33(58-10)25-35(53)51-23-17-20-32(51)39(59-11)29(7)40(54)46-31(43(57)60-12)24-30-18-15-14-16-19-30/h14-16,18-19,26-29,31-33,36-39H,13,17,20-25H2,1-12H3,(H,46,54)(H,47,55)/t28?,29-,31?,32+,33-,36+,37+,38+,39-/m1/s1. The summed E-state index contributed by atoms with van der Waals surface area (Å²) in [6, 6.07) is 5.54. The highest BCUT2D eigenvalue weighted by Crippen LogP contribution is 2.30. The van der Waals surface area contributed by atoms with Crippen molar-refractivity contribution in [3.8, 4) is 0 Å². The number of carbonyl (C=O) groups is 6. The lowest BCUT2D eigenvalue weighted by molar-refractivity contribution is -0.149. The van der Waals surface area contributed by atoms with Crippen LogP contribution < -0.4 is 10.6 Å². The first-order valence-electron chi connectivity index (χ1n) is 21.0. The van der Waals surface area contributed by atoms with Crippen molar-refractivity contribution in [2.24, 2.45) is 28.8 Å². The van der Waals surface area contributed by atoms with Gasteiger partial charge in [-0.25, -0.2) is 4.79 Å². The van der Waals surface area contributed by atoms with Crippen molar-refractivity contribution >= 4 is 35.5 Å². The highest BCUT2D eigenvalue weighted by Gasteiger charge is 2.44. The fourth-order valence-electron chi connectivity index (χ4n) is 8.21. The Morgan fingerprint density at radius 1 is 0.917 bits per heavy atom. The van der Waals surface area contributed by atoms with E-state index in [-0.39, 0.29) is 61.3 Å². The lowest BCUT2D eigenvalue weighted by Crippen LogP contribution is -2.60. The summed E-state index contributed by atoms with van der Waals surface area (Å²) in [5.41, 5.74) is 9.47. The number of amides is 5. The number of hydrogen-bond acceptors (Lipinski definition) is 10. The zero-order chi connectivity index (χ0) is 45.3. The molecule has 1 aliphatic rings. The first kappa shape index (κ1) is 51.4. The van der Waals surface area contributed by atoms with Crippen LogP contribution in [-0.4, -0.2) is 141 Å². The molecule has 0 spiro atoms. The molecule has 0 radical (unpaired) electrons. The normalized spacial score (nSPS) is 17.9. The largest absolute Gasteiger partial charge is 0.467 e. The van der Waals surface area contributed by atoms with Crippen LogP contribution >= 0.6 is 0 Å². The number of methoxy groups -OCH3 is 3. The van der Waals surface area contributed by atoms with Gasteiger partial charge in [-0.3, -0.25) is 24.0 Å². The van der Waals surface area contributed by atoms with Gasteiger partial charge in [0.1, 0.15) is 18.1 Å². The fraction of sp³-hybridized carbons (Fsp3) is 0.721. The van der Waals surface area contributed by atoms with Crippen LogP contribution in [0, 0.1) is 23.7 Å². The Balaban J connectivity index is 2.30. The molecule has 1 fully saturated rings. The summed E-state index contributed by atoms with van der Waals surface area (Å²) in [6.45, 7) is 13.4. The van der Waals surface area contributed by atoms with E-state index >= 15 is 0 Å². The summed E-state index contributed by atoms with van der Waals surface area (Å²) >= 11 is 0. The molecule has 0 bridgehead atoms. The first-order chi connectivity index (χ1) is 28.4. The van der Waals surface area contributed by atoms with E-state index in [2.05, 4.69) is 20.7 Å². The van der Waals surface area contributed by atoms with Crippen LogP contribution in [0.5, 0.6) is 0 Å². The predicted molar refractivity (Wildman–Crippen MR) is 227 cm³/mol. The number of rotatable bonds is 24. The van der Waals surface area contributed by atoms with Crippen molar-refractivity contribution < 1.29 is 43.0 Å². The highest BCUT2D eigenvalue weighted by atomic mass is 16.5. The van der Waals surface area contributed by atoms with Crippen molar-refractivity contribution in [1.82, 2.24) is 25.3 Å². The number of carbonyl (C=O) groups excluding carboxylic acids is 6. The van der Waals surface area contributed by atoms with Crippen LogP contribution in [0.25, 0.3) is 10.4 Å². The molecule has 0 aromatic heterocycles. The zero-order valence-corrected chi connectivity index (χ0v) is 37.8. The van der Waals surface area contributed by atoms with Crippen LogP contribution in [0.1, 0.15) is 86.1 Å². The molecule has 60 heavy (non-hydrogen) atoms. The van der Waals surface area contributed by atoms with Gasteiger partial charge in [0.15, 0.2) is 0 Å². The van der Waals surface area contributed by atoms with E-state index in [1.165, 1.54) is 33.3 Å². The number of likely N-dealkylation sites (N-methyl/N-ethyl adjacent to an activating group) is 2. The van der Waals surface area contributed by atoms with Gasteiger partial charge in [-0.1, -0.05) is 90.3 Å². The molecule has 0 aliphatic carbocycles. The summed E-state index contributed by atoms with van der Waals surface area (Å²) in [7, 11) is 7.46. The quantitative estimate of drug-likeness (QED) is 0.0662. The summed E-state index contributed by atoms with van der Waals surface area (Å²) in [4.78, 5) is 89.1. The van der Waals surface area contributed by atoms with Crippen molar-refractivity contribution in [2.45, 2.75) is 129 Å². The summed E-state index contributed by atoms with van der Waals surface area (Å²) < 4.78 is 16.9. The van der Waals surface area contributed by atoms with E-state index in [0.717, 1.165) is 5.56 Å². The van der Waals surface area contributed by atoms with Crippen molar-refractivity contribution in [3.05, 3.63) is 46.3 Å². The topological polar surface area (TPSA) is 213 Å². The SMILES string of the molecule is CCC(C)[C@@H]([C@@H](CC(=O)N1CCC[C@H]1[C@H](OC)[C@@H](C)C(=O)NC(Cc1ccccc1)C(=O)OC)OC)N(C)C(=O)[C@@H](NC(=O)[C@H](C(C)C)N(C)C(=O)CCN=[N+]=[N-])C(C)C. The summed E-state index contributed by atoms with van der Waals surface area (Å²) in [5, 5.41) is 9.19. The molecule has 2 N–H and O–H groups in total. The minimum atomic E-state index is -0.959. The van der Waals surface area contributed by atoms with Gasteiger partial charge in [-0.2, -0.15) is 0 Å². The molecule has 1 aromatic rings. The third-order valence-corrected chi connectivity index (χ3v) is 11.8. The second-order valence-corrected chi connectivity index (χ2v) is 16.5. The Kier molecular flexibility index (Phi) is 21.5. The molecular weight excluding hydrogens is 773 g/mol. The molecule has 1 aliphatic heterocycles. The van der Waals surface area contributed by atoms with Crippen LogP contribution in [0.4, 0.5) is 0 Å². The Hall–Kier alpha value is -4.73. The molecule has 2 unspecified atom stereocenters. The Labute approximate surface area is 356 Å². The molecule has 336 valence electrons. The third kappa shape index (κ3) is 13.9. The van der Waals surface area contributed by atoms with Gasteiger partial charge < -0.3 is 39.5 Å². The number of nitrogens with one attached hydrogen (secondary N) is 2. The second-order valence-electron chi connectivity index (χ2n) is 16.5. The molecule has 1 saturated heterocycles. The Bertz CT molecular complexity index is 1620. The molecule has 1 aromatic carbocycles. The highest BCUT2D eigenvalue weighted by molar-refractivity contribution is 5.92. The maximum atomic E-state index is 14.4. The molecule has 2 rings (SSSR count). The smallest absolute Gasteiger partial charge is 0.328 e. The lowest BCUT2D eigenvalue weighted by Gasteiger charge is -2.41. The van der Waals surface area contributed by atoms with Crippen LogP contribution in [-0.2, 0) is 49.4 Å². The van der Waals surface area contributed by atoms with Gasteiger partial charge in [0.25, 0.3) is 0 Å². The zero-order valence-electron chi connectivity index (χ0n) is 37.8.